The Hall–Kier alpha value is -0.980. The van der Waals surface area contributed by atoms with Crippen LogP contribution in [0, 0.1) is 0 Å². The Morgan fingerprint density at radius 2 is 2.16 bits per heavy atom. The Kier molecular flexibility index (Phi) is 4.23. The van der Waals surface area contributed by atoms with Gasteiger partial charge in [0.2, 0.25) is 5.82 Å². The summed E-state index contributed by atoms with van der Waals surface area (Å²) in [4.78, 5) is 4.39. The van der Waals surface area contributed by atoms with Crippen LogP contribution in [0.3, 0.4) is 0 Å². The zero-order valence-electron chi connectivity index (χ0n) is 12.2. The average Bonchev–Trinajstić information content (AvgIpc) is 2.83. The van der Waals surface area contributed by atoms with Gasteiger partial charge in [-0.15, -0.1) is 0 Å². The minimum atomic E-state index is -0.488. The first-order chi connectivity index (χ1) is 9.01. The molecule has 1 aromatic heterocycles. The van der Waals surface area contributed by atoms with Gasteiger partial charge in [0.15, 0.2) is 0 Å². The van der Waals surface area contributed by atoms with Crippen LogP contribution in [0.2, 0.25) is 0 Å². The molecule has 0 aliphatic carbocycles. The van der Waals surface area contributed by atoms with Crippen molar-refractivity contribution in [1.82, 2.24) is 15.5 Å². The van der Waals surface area contributed by atoms with Crippen molar-refractivity contribution in [3.8, 4) is 0 Å². The molecule has 0 spiro atoms. The highest BCUT2D eigenvalue weighted by Crippen LogP contribution is 2.26. The first kappa shape index (κ1) is 14.4. The van der Waals surface area contributed by atoms with E-state index in [0.717, 1.165) is 19.5 Å². The van der Waals surface area contributed by atoms with Gasteiger partial charge >= 0.3 is 0 Å². The van der Waals surface area contributed by atoms with Crippen molar-refractivity contribution in [2.45, 2.75) is 51.9 Å². The van der Waals surface area contributed by atoms with Gasteiger partial charge in [-0.1, -0.05) is 12.1 Å². The quantitative estimate of drug-likeness (QED) is 0.811. The van der Waals surface area contributed by atoms with Gasteiger partial charge in [0.25, 0.3) is 5.89 Å². The second kappa shape index (κ2) is 5.56. The lowest BCUT2D eigenvalue weighted by Crippen LogP contribution is -2.58. The molecule has 1 saturated heterocycles. The first-order valence-electron chi connectivity index (χ1n) is 6.83. The molecule has 1 aromatic rings. The monoisotopic (exact) mass is 269 g/mol. The molecule has 1 atom stereocenters. The number of nitrogens with one attached hydrogen (secondary N) is 1. The third kappa shape index (κ3) is 3.13. The largest absolute Gasteiger partial charge is 0.367 e. The van der Waals surface area contributed by atoms with Gasteiger partial charge in [-0.2, -0.15) is 4.98 Å². The van der Waals surface area contributed by atoms with E-state index in [1.54, 1.807) is 0 Å². The second-order valence-electron chi connectivity index (χ2n) is 5.37. The third-order valence-electron chi connectivity index (χ3n) is 3.62. The Morgan fingerprint density at radius 3 is 2.68 bits per heavy atom. The second-order valence-corrected chi connectivity index (χ2v) is 5.37. The van der Waals surface area contributed by atoms with Crippen molar-refractivity contribution in [3.63, 3.8) is 0 Å². The highest BCUT2D eigenvalue weighted by atomic mass is 16.5. The van der Waals surface area contributed by atoms with Crippen LogP contribution in [0.4, 0.5) is 0 Å². The number of aromatic nitrogens is 2. The van der Waals surface area contributed by atoms with E-state index < -0.39 is 5.60 Å². The van der Waals surface area contributed by atoms with Crippen LogP contribution in [0.25, 0.3) is 0 Å². The normalized spacial score (nSPS) is 20.8. The minimum Gasteiger partial charge on any atom is -0.367 e. The molecule has 108 valence electrons. The van der Waals surface area contributed by atoms with Gasteiger partial charge in [0, 0.05) is 19.7 Å². The van der Waals surface area contributed by atoms with Crippen LogP contribution < -0.4 is 5.32 Å². The summed E-state index contributed by atoms with van der Waals surface area (Å²) < 4.78 is 16.7. The van der Waals surface area contributed by atoms with E-state index >= 15 is 0 Å². The smallest absolute Gasteiger partial charge is 0.252 e. The standard InChI is InChI=1S/C13H23N3O3/c1-5-13(4,17-6-2)11-15-10(19-16-11)7-18-12(3)8-14-9-12/h14H,5-9H2,1-4H3. The molecule has 6 nitrogen and oxygen atoms in total. The fourth-order valence-electron chi connectivity index (χ4n) is 1.99. The van der Waals surface area contributed by atoms with Gasteiger partial charge in [-0.25, -0.2) is 0 Å². The van der Waals surface area contributed by atoms with E-state index in [1.165, 1.54) is 0 Å². The predicted molar refractivity (Wildman–Crippen MR) is 69.6 cm³/mol. The molecule has 2 heterocycles. The van der Waals surface area contributed by atoms with Crippen LogP contribution in [0.1, 0.15) is 45.8 Å². The SMILES string of the molecule is CCOC(C)(CC)c1noc(COC2(C)CNC2)n1. The van der Waals surface area contributed by atoms with Crippen molar-refractivity contribution < 1.29 is 14.0 Å². The van der Waals surface area contributed by atoms with Gasteiger partial charge in [-0.05, 0) is 27.2 Å². The minimum absolute atomic E-state index is 0.109. The summed E-state index contributed by atoms with van der Waals surface area (Å²) in [7, 11) is 0. The Balaban J connectivity index is 1.97. The molecule has 1 unspecified atom stereocenters. The van der Waals surface area contributed by atoms with E-state index in [2.05, 4.69) is 22.4 Å². The van der Waals surface area contributed by atoms with Crippen LogP contribution in [-0.4, -0.2) is 35.4 Å². The first-order valence-corrected chi connectivity index (χ1v) is 6.83. The summed E-state index contributed by atoms with van der Waals surface area (Å²) in [6.45, 7) is 10.7. The summed E-state index contributed by atoms with van der Waals surface area (Å²) in [6, 6.07) is 0. The van der Waals surface area contributed by atoms with Crippen LogP contribution in [0.15, 0.2) is 4.52 Å². The topological polar surface area (TPSA) is 69.4 Å². The molecule has 1 fully saturated rings. The molecule has 1 N–H and O–H groups in total. The number of ether oxygens (including phenoxy) is 2. The highest BCUT2D eigenvalue weighted by Gasteiger charge is 2.34. The lowest BCUT2D eigenvalue weighted by atomic mass is 10.0. The van der Waals surface area contributed by atoms with Crippen LogP contribution in [0.5, 0.6) is 0 Å². The van der Waals surface area contributed by atoms with Gasteiger partial charge in [0.05, 0.1) is 5.60 Å². The predicted octanol–water partition coefficient (Wildman–Crippen LogP) is 1.61. The number of nitrogens with zero attached hydrogens (tertiary/aromatic N) is 2. The molecule has 6 heteroatoms. The molecular formula is C13H23N3O3. The fraction of sp³-hybridized carbons (Fsp3) is 0.846. The van der Waals surface area contributed by atoms with Gasteiger partial charge < -0.3 is 19.3 Å². The molecular weight excluding hydrogens is 246 g/mol. The molecule has 0 amide bonds. The molecule has 1 aliphatic heterocycles. The zero-order valence-corrected chi connectivity index (χ0v) is 12.2. The molecule has 0 aromatic carbocycles. The van der Waals surface area contributed by atoms with Crippen molar-refractivity contribution >= 4 is 0 Å². The average molecular weight is 269 g/mol. The lowest BCUT2D eigenvalue weighted by Gasteiger charge is -2.38. The van der Waals surface area contributed by atoms with E-state index in [-0.39, 0.29) is 5.60 Å². The van der Waals surface area contributed by atoms with Crippen molar-refractivity contribution in [1.29, 1.82) is 0 Å². The Morgan fingerprint density at radius 1 is 1.42 bits per heavy atom. The van der Waals surface area contributed by atoms with Crippen molar-refractivity contribution in [2.75, 3.05) is 19.7 Å². The van der Waals surface area contributed by atoms with Crippen LogP contribution in [-0.2, 0) is 21.7 Å². The van der Waals surface area contributed by atoms with Gasteiger partial charge in [0.1, 0.15) is 12.2 Å². The van der Waals surface area contributed by atoms with E-state index in [1.807, 2.05) is 20.8 Å². The summed E-state index contributed by atoms with van der Waals surface area (Å²) in [5.74, 6) is 1.09. The Labute approximate surface area is 113 Å². The summed E-state index contributed by atoms with van der Waals surface area (Å²) in [5, 5.41) is 7.20. The molecule has 19 heavy (non-hydrogen) atoms. The summed E-state index contributed by atoms with van der Waals surface area (Å²) in [6.07, 6.45) is 0.794. The zero-order chi connectivity index (χ0) is 13.9. The maximum absolute atomic E-state index is 5.77. The Bertz CT molecular complexity index is 417. The van der Waals surface area contributed by atoms with E-state index in [4.69, 9.17) is 14.0 Å². The molecule has 2 rings (SSSR count). The van der Waals surface area contributed by atoms with E-state index in [9.17, 15) is 0 Å². The number of hydrogen-bond donors (Lipinski definition) is 1. The number of hydrogen-bond acceptors (Lipinski definition) is 6. The molecule has 0 saturated carbocycles. The summed E-state index contributed by atoms with van der Waals surface area (Å²) in [5.41, 5.74) is -0.596. The maximum Gasteiger partial charge on any atom is 0.252 e. The lowest BCUT2D eigenvalue weighted by molar-refractivity contribution is -0.0841. The summed E-state index contributed by atoms with van der Waals surface area (Å²) >= 11 is 0. The van der Waals surface area contributed by atoms with Crippen molar-refractivity contribution in [3.05, 3.63) is 11.7 Å². The fourth-order valence-corrected chi connectivity index (χ4v) is 1.99. The maximum atomic E-state index is 5.77. The van der Waals surface area contributed by atoms with Crippen molar-refractivity contribution in [2.24, 2.45) is 0 Å². The third-order valence-corrected chi connectivity index (χ3v) is 3.62. The molecule has 0 bridgehead atoms. The molecule has 1 aliphatic rings. The highest BCUT2D eigenvalue weighted by molar-refractivity contribution is 4.99. The van der Waals surface area contributed by atoms with E-state index in [0.29, 0.717) is 24.9 Å². The van der Waals surface area contributed by atoms with Crippen LogP contribution >= 0.6 is 0 Å². The molecule has 0 radical (unpaired) electrons. The number of rotatable bonds is 7. The van der Waals surface area contributed by atoms with Gasteiger partial charge in [-0.3, -0.25) is 0 Å².